The van der Waals surface area contributed by atoms with Crippen LogP contribution in [-0.2, 0) is 0 Å². The Morgan fingerprint density at radius 2 is 1.69 bits per heavy atom. The molecule has 0 unspecified atom stereocenters. The summed E-state index contributed by atoms with van der Waals surface area (Å²) < 4.78 is 2.03. The predicted molar refractivity (Wildman–Crippen MR) is 113 cm³/mol. The Balaban J connectivity index is 1.24. The first-order valence-electron chi connectivity index (χ1n) is 10.5. The number of hydrogen-bond donors (Lipinski definition) is 0. The van der Waals surface area contributed by atoms with Crippen molar-refractivity contribution in [2.24, 2.45) is 0 Å². The van der Waals surface area contributed by atoms with Crippen LogP contribution in [0.3, 0.4) is 0 Å². The Bertz CT molecular complexity index is 991. The molecule has 2 atom stereocenters. The molecule has 5 rings (SSSR count). The van der Waals surface area contributed by atoms with Crippen molar-refractivity contribution in [3.8, 4) is 11.1 Å². The zero-order valence-electron chi connectivity index (χ0n) is 16.7. The molecule has 0 N–H and O–H groups in total. The fraction of sp³-hybridized carbons (Fsp3) is 0.375. The van der Waals surface area contributed by atoms with Crippen LogP contribution in [0.25, 0.3) is 11.1 Å². The summed E-state index contributed by atoms with van der Waals surface area (Å²) in [6, 6.07) is 18.8. The molecule has 1 heterocycles. The molecule has 2 aromatic carbocycles. The minimum atomic E-state index is 0.0903. The minimum Gasteiger partial charge on any atom is -0.339 e. The van der Waals surface area contributed by atoms with Gasteiger partial charge in [0, 0.05) is 30.8 Å². The maximum atomic E-state index is 13.0. The van der Waals surface area contributed by atoms with Crippen molar-refractivity contribution < 1.29 is 4.79 Å². The number of nitrogens with zero attached hydrogens (tertiary/aromatic N) is 4. The van der Waals surface area contributed by atoms with Gasteiger partial charge in [-0.3, -0.25) is 4.79 Å². The van der Waals surface area contributed by atoms with Crippen LogP contribution in [0.2, 0.25) is 0 Å². The van der Waals surface area contributed by atoms with E-state index in [0.29, 0.717) is 12.0 Å². The topological polar surface area (TPSA) is 51.0 Å². The minimum absolute atomic E-state index is 0.0903. The highest BCUT2D eigenvalue weighted by molar-refractivity contribution is 5.94. The molecule has 2 aliphatic carbocycles. The van der Waals surface area contributed by atoms with Crippen LogP contribution >= 0.6 is 0 Å². The van der Waals surface area contributed by atoms with Crippen LogP contribution in [0.4, 0.5) is 0 Å². The lowest BCUT2D eigenvalue weighted by atomic mass is 10.0. The zero-order valence-corrected chi connectivity index (χ0v) is 16.7. The summed E-state index contributed by atoms with van der Waals surface area (Å²) in [6.07, 6.45) is 7.60. The SMILES string of the molecule is CN(C(=O)c1ccc(-c2ccccc2)cc1)[C@@H]1CC[C@H](n2cc(C3CC3)nn2)C1. The van der Waals surface area contributed by atoms with Gasteiger partial charge in [0.15, 0.2) is 0 Å². The summed E-state index contributed by atoms with van der Waals surface area (Å²) in [5, 5.41) is 8.70. The first-order valence-corrected chi connectivity index (χ1v) is 10.5. The average molecular weight is 386 g/mol. The van der Waals surface area contributed by atoms with Gasteiger partial charge < -0.3 is 4.90 Å². The highest BCUT2D eigenvalue weighted by atomic mass is 16.2. The van der Waals surface area contributed by atoms with E-state index in [1.54, 1.807) is 0 Å². The van der Waals surface area contributed by atoms with Gasteiger partial charge in [0.1, 0.15) is 0 Å². The summed E-state index contributed by atoms with van der Waals surface area (Å²) in [6.45, 7) is 0. The van der Waals surface area contributed by atoms with Gasteiger partial charge >= 0.3 is 0 Å². The van der Waals surface area contributed by atoms with Crippen LogP contribution in [0.15, 0.2) is 60.8 Å². The molecule has 5 heteroatoms. The Morgan fingerprint density at radius 3 is 2.41 bits per heavy atom. The number of carbonyl (C=O) groups is 1. The molecule has 0 bridgehead atoms. The quantitative estimate of drug-likeness (QED) is 0.639. The van der Waals surface area contributed by atoms with Gasteiger partial charge in [-0.15, -0.1) is 5.10 Å². The van der Waals surface area contributed by atoms with E-state index in [2.05, 4.69) is 28.6 Å². The van der Waals surface area contributed by atoms with Crippen LogP contribution < -0.4 is 0 Å². The van der Waals surface area contributed by atoms with Crippen molar-refractivity contribution in [1.29, 1.82) is 0 Å². The van der Waals surface area contributed by atoms with E-state index in [9.17, 15) is 4.79 Å². The largest absolute Gasteiger partial charge is 0.339 e. The fourth-order valence-electron chi connectivity index (χ4n) is 4.37. The third kappa shape index (κ3) is 3.69. The third-order valence-electron chi connectivity index (χ3n) is 6.38. The number of hydrogen-bond acceptors (Lipinski definition) is 3. The molecule has 2 fully saturated rings. The molecule has 1 aromatic heterocycles. The zero-order chi connectivity index (χ0) is 19.8. The van der Waals surface area contributed by atoms with Crippen LogP contribution in [0.1, 0.15) is 60.1 Å². The van der Waals surface area contributed by atoms with Gasteiger partial charge in [-0.2, -0.15) is 0 Å². The van der Waals surface area contributed by atoms with Crippen molar-refractivity contribution >= 4 is 5.91 Å². The van der Waals surface area contributed by atoms with Gasteiger partial charge in [0.25, 0.3) is 5.91 Å². The average Bonchev–Trinajstić information content (AvgIpc) is 3.30. The van der Waals surface area contributed by atoms with E-state index in [-0.39, 0.29) is 11.9 Å². The molecule has 2 saturated carbocycles. The van der Waals surface area contributed by atoms with Crippen molar-refractivity contribution in [3.63, 3.8) is 0 Å². The first-order chi connectivity index (χ1) is 14.2. The molecule has 0 saturated heterocycles. The van der Waals surface area contributed by atoms with E-state index in [1.165, 1.54) is 12.8 Å². The number of carbonyl (C=O) groups excluding carboxylic acids is 1. The summed E-state index contributed by atoms with van der Waals surface area (Å²) in [5.41, 5.74) is 4.17. The molecule has 3 aromatic rings. The Hall–Kier alpha value is -2.95. The molecule has 0 spiro atoms. The van der Waals surface area contributed by atoms with Gasteiger partial charge in [-0.1, -0.05) is 47.7 Å². The summed E-state index contributed by atoms with van der Waals surface area (Å²) in [5.74, 6) is 0.719. The molecule has 0 aliphatic heterocycles. The lowest BCUT2D eigenvalue weighted by Crippen LogP contribution is -2.35. The highest BCUT2D eigenvalue weighted by Gasteiger charge is 2.33. The Labute approximate surface area is 171 Å². The van der Waals surface area contributed by atoms with Crippen LogP contribution in [0, 0.1) is 0 Å². The van der Waals surface area contributed by atoms with E-state index in [1.807, 2.05) is 59.1 Å². The number of amides is 1. The fourth-order valence-corrected chi connectivity index (χ4v) is 4.37. The smallest absolute Gasteiger partial charge is 0.253 e. The van der Waals surface area contributed by atoms with Crippen molar-refractivity contribution in [2.45, 2.75) is 50.1 Å². The standard InChI is InChI=1S/C24H26N4O/c1-27(21-13-14-22(15-21)28-16-23(25-26-28)19-9-10-19)24(29)20-11-7-18(8-12-20)17-5-3-2-4-6-17/h2-8,11-12,16,19,21-22H,9-10,13-15H2,1H3/t21-,22+/m1/s1. The van der Waals surface area contributed by atoms with Crippen molar-refractivity contribution in [2.75, 3.05) is 7.05 Å². The van der Waals surface area contributed by atoms with Gasteiger partial charge in [-0.05, 0) is 55.4 Å². The Morgan fingerprint density at radius 1 is 0.966 bits per heavy atom. The summed E-state index contributed by atoms with van der Waals surface area (Å²) >= 11 is 0. The second-order valence-electron chi connectivity index (χ2n) is 8.38. The summed E-state index contributed by atoms with van der Waals surface area (Å²) in [4.78, 5) is 14.9. The molecule has 2 aliphatic rings. The monoisotopic (exact) mass is 386 g/mol. The van der Waals surface area contributed by atoms with Crippen LogP contribution in [0.5, 0.6) is 0 Å². The molecule has 5 nitrogen and oxygen atoms in total. The molecule has 0 radical (unpaired) electrons. The van der Waals surface area contributed by atoms with Gasteiger partial charge in [0.05, 0.1) is 11.7 Å². The second-order valence-corrected chi connectivity index (χ2v) is 8.38. The molecular formula is C24H26N4O. The molecular weight excluding hydrogens is 360 g/mol. The Kier molecular flexibility index (Phi) is 4.66. The summed E-state index contributed by atoms with van der Waals surface area (Å²) in [7, 11) is 1.93. The number of benzene rings is 2. The van der Waals surface area contributed by atoms with E-state index >= 15 is 0 Å². The van der Waals surface area contributed by atoms with Crippen molar-refractivity contribution in [1.82, 2.24) is 19.9 Å². The second kappa shape index (κ2) is 7.47. The third-order valence-corrected chi connectivity index (χ3v) is 6.38. The lowest BCUT2D eigenvalue weighted by Gasteiger charge is -2.25. The maximum Gasteiger partial charge on any atom is 0.253 e. The van der Waals surface area contributed by atoms with Crippen molar-refractivity contribution in [3.05, 3.63) is 72.1 Å². The molecule has 29 heavy (non-hydrogen) atoms. The highest BCUT2D eigenvalue weighted by Crippen LogP contribution is 2.40. The number of aromatic nitrogens is 3. The molecule has 1 amide bonds. The van der Waals surface area contributed by atoms with Gasteiger partial charge in [-0.25, -0.2) is 4.68 Å². The first kappa shape index (κ1) is 18.1. The number of rotatable bonds is 5. The van der Waals surface area contributed by atoms with E-state index < -0.39 is 0 Å². The van der Waals surface area contributed by atoms with E-state index in [4.69, 9.17) is 0 Å². The molecule has 148 valence electrons. The maximum absolute atomic E-state index is 13.0. The predicted octanol–water partition coefficient (Wildman–Crippen LogP) is 4.69. The van der Waals surface area contributed by atoms with Crippen LogP contribution in [-0.4, -0.2) is 38.9 Å². The normalized spacial score (nSPS) is 21.3. The van der Waals surface area contributed by atoms with Gasteiger partial charge in [0.2, 0.25) is 0 Å². The van der Waals surface area contributed by atoms with E-state index in [0.717, 1.165) is 41.6 Å². The lowest BCUT2D eigenvalue weighted by molar-refractivity contribution is 0.0732.